The molecule has 0 aliphatic rings. The predicted molar refractivity (Wildman–Crippen MR) is 342 cm³/mol. The SMILES string of the molecule is CCC[C@@H](Cc1ccc(-c2cccc(Cl)c2)cc1)NC(=O)c1cnc(CC)o1.CCC[C@@H](Cc1ccc(-c2cccc(Cl)c2)cc1)NC(=O)c1cnc(CC)o1.CCOC(=O)C(C)C[C@H](N)Cc1ccc(-c2cccc(Cl)c2)cc1.Cl.O=C=O.O=C=O. The first kappa shape index (κ1) is 73.3. The van der Waals surface area contributed by atoms with Crippen LogP contribution in [-0.2, 0) is 60.8 Å². The molecule has 0 bridgehead atoms. The lowest BCUT2D eigenvalue weighted by molar-refractivity contribution is -0.193. The molecule has 2 amide bonds. The van der Waals surface area contributed by atoms with E-state index in [9.17, 15) is 14.4 Å². The quantitative estimate of drug-likeness (QED) is 0.0507. The summed E-state index contributed by atoms with van der Waals surface area (Å²) in [6.45, 7) is 12.2. The summed E-state index contributed by atoms with van der Waals surface area (Å²) in [5.74, 6) is 0.934. The van der Waals surface area contributed by atoms with Gasteiger partial charge in [0.15, 0.2) is 11.8 Å². The van der Waals surface area contributed by atoms with E-state index in [-0.39, 0.29) is 78.1 Å². The Labute approximate surface area is 530 Å². The predicted octanol–water partition coefficient (Wildman–Crippen LogP) is 15.1. The van der Waals surface area contributed by atoms with Crippen LogP contribution in [0.25, 0.3) is 33.4 Å². The van der Waals surface area contributed by atoms with E-state index < -0.39 is 0 Å². The average Bonchev–Trinajstić information content (AvgIpc) is 4.36. The fourth-order valence-electron chi connectivity index (χ4n) is 9.11. The molecular weight excluding hydrogens is 1190 g/mol. The van der Waals surface area contributed by atoms with E-state index in [1.807, 2.05) is 100 Å². The molecule has 4 atom stereocenters. The van der Waals surface area contributed by atoms with Gasteiger partial charge in [-0.15, -0.1) is 12.4 Å². The molecule has 19 heteroatoms. The summed E-state index contributed by atoms with van der Waals surface area (Å²) in [6, 6.07) is 48.5. The van der Waals surface area contributed by atoms with Crippen molar-refractivity contribution in [1.29, 1.82) is 0 Å². The van der Waals surface area contributed by atoms with Crippen molar-refractivity contribution < 1.29 is 47.1 Å². The number of amides is 2. The average molecular weight is 1260 g/mol. The van der Waals surface area contributed by atoms with Crippen LogP contribution in [0.1, 0.15) is 123 Å². The van der Waals surface area contributed by atoms with Crippen LogP contribution < -0.4 is 16.4 Å². The normalized spacial score (nSPS) is 11.6. The number of nitrogens with one attached hydrogen (secondary N) is 2. The lowest BCUT2D eigenvalue weighted by Crippen LogP contribution is -2.36. The Morgan fingerprint density at radius 1 is 0.529 bits per heavy atom. The first-order valence-electron chi connectivity index (χ1n) is 28.5. The van der Waals surface area contributed by atoms with Gasteiger partial charge in [0.2, 0.25) is 11.5 Å². The Morgan fingerprint density at radius 3 is 1.15 bits per heavy atom. The zero-order valence-electron chi connectivity index (χ0n) is 49.7. The molecule has 1 unspecified atom stereocenters. The van der Waals surface area contributed by atoms with Gasteiger partial charge in [-0.25, -0.2) is 9.97 Å². The first-order valence-corrected chi connectivity index (χ1v) is 29.6. The molecule has 6 aromatic carbocycles. The highest BCUT2D eigenvalue weighted by molar-refractivity contribution is 6.31. The number of nitrogens with zero attached hydrogens (tertiary/aromatic N) is 2. The summed E-state index contributed by atoms with van der Waals surface area (Å²) in [6.07, 6.45) is 11.5. The largest absolute Gasteiger partial charge is 0.466 e. The Bertz CT molecular complexity index is 3230. The van der Waals surface area contributed by atoms with Gasteiger partial charge in [-0.1, -0.05) is 191 Å². The molecule has 0 radical (unpaired) electrons. The number of esters is 1. The molecule has 8 aromatic rings. The number of carbonyl (C=O) groups excluding carboxylic acids is 7. The van der Waals surface area contributed by atoms with Crippen LogP contribution in [0.2, 0.25) is 15.1 Å². The number of ether oxygens (including phenoxy) is 1. The van der Waals surface area contributed by atoms with Gasteiger partial charge in [-0.05, 0) is 132 Å². The number of oxazole rings is 2. The fourth-order valence-corrected chi connectivity index (χ4v) is 9.68. The molecule has 8 rings (SSSR count). The van der Waals surface area contributed by atoms with Crippen LogP contribution in [0.5, 0.6) is 0 Å². The lowest BCUT2D eigenvalue weighted by atomic mass is 9.95. The van der Waals surface area contributed by atoms with Crippen molar-refractivity contribution in [2.24, 2.45) is 11.7 Å². The fraction of sp³-hybridized carbons (Fsp3) is 0.309. The molecular formula is C68H75Cl4N5O10. The summed E-state index contributed by atoms with van der Waals surface area (Å²) < 4.78 is 16.0. The van der Waals surface area contributed by atoms with Crippen LogP contribution in [-0.4, -0.2) is 64.8 Å². The number of aromatic nitrogens is 2. The van der Waals surface area contributed by atoms with Crippen LogP contribution >= 0.6 is 47.2 Å². The minimum atomic E-state index is -0.207. The van der Waals surface area contributed by atoms with Crippen molar-refractivity contribution in [3.63, 3.8) is 0 Å². The highest BCUT2D eigenvalue weighted by atomic mass is 35.5. The maximum absolute atomic E-state index is 12.5. The van der Waals surface area contributed by atoms with Crippen molar-refractivity contribution in [2.75, 3.05) is 6.61 Å². The second kappa shape index (κ2) is 40.4. The summed E-state index contributed by atoms with van der Waals surface area (Å²) in [5, 5.41) is 8.35. The van der Waals surface area contributed by atoms with E-state index in [0.29, 0.717) is 37.7 Å². The number of benzene rings is 6. The second-order valence-electron chi connectivity index (χ2n) is 19.9. The Kier molecular flexibility index (Phi) is 34.0. The standard InChI is InChI=1S/2C23H25ClN2O2.C20H24ClNO2.2CO2.ClH/c2*1-3-6-20(26-23(27)21-15-25-22(4-2)28-21)13-16-9-11-17(12-10-16)18-7-5-8-19(24)14-18;1-3-24-20(23)14(2)11-19(22)12-15-7-9-16(10-8-15)17-5-4-6-18(21)13-17;2*2-1-3;/h2*5,7-12,14-15,20H,3-4,6,13H2,1-2H3,(H,26,27);4-10,13-14,19H,3,11-12,22H2,1-2H3;;;1H/t2*20-;14?,19-;;;/m000.../s1. The maximum Gasteiger partial charge on any atom is 0.373 e. The molecule has 0 saturated heterocycles. The van der Waals surface area contributed by atoms with E-state index in [4.69, 9.17) is 73.3 Å². The molecule has 87 heavy (non-hydrogen) atoms. The molecule has 0 saturated carbocycles. The number of nitrogens with two attached hydrogens (primary N) is 1. The van der Waals surface area contributed by atoms with E-state index in [1.165, 1.54) is 23.5 Å². The number of carbonyl (C=O) groups is 3. The maximum atomic E-state index is 12.5. The number of aryl methyl sites for hydroxylation is 2. The monoisotopic (exact) mass is 1260 g/mol. The van der Waals surface area contributed by atoms with Crippen LogP contribution in [0.4, 0.5) is 0 Å². The van der Waals surface area contributed by atoms with Crippen molar-refractivity contribution in [1.82, 2.24) is 20.6 Å². The molecule has 0 spiro atoms. The van der Waals surface area contributed by atoms with E-state index in [0.717, 1.165) is 99.0 Å². The van der Waals surface area contributed by atoms with E-state index >= 15 is 0 Å². The summed E-state index contributed by atoms with van der Waals surface area (Å²) in [7, 11) is 0. The molecule has 15 nitrogen and oxygen atoms in total. The molecule has 0 aliphatic carbocycles. The van der Waals surface area contributed by atoms with E-state index in [2.05, 4.69) is 107 Å². The van der Waals surface area contributed by atoms with Crippen LogP contribution in [0.15, 0.2) is 167 Å². The van der Waals surface area contributed by atoms with Gasteiger partial charge >= 0.3 is 18.3 Å². The number of hydrogen-bond acceptors (Lipinski definition) is 13. The summed E-state index contributed by atoms with van der Waals surface area (Å²) >= 11 is 18.2. The Balaban J connectivity index is 0.000000325. The van der Waals surface area contributed by atoms with Gasteiger partial charge in [0.25, 0.3) is 11.8 Å². The number of rotatable bonds is 23. The Morgan fingerprint density at radius 2 is 0.862 bits per heavy atom. The van der Waals surface area contributed by atoms with Crippen molar-refractivity contribution in [3.05, 3.63) is 213 Å². The third-order valence-electron chi connectivity index (χ3n) is 13.2. The van der Waals surface area contributed by atoms with Gasteiger partial charge < -0.3 is 29.9 Å². The van der Waals surface area contributed by atoms with Gasteiger partial charge in [-0.2, -0.15) is 19.2 Å². The third kappa shape index (κ3) is 26.3. The van der Waals surface area contributed by atoms with Crippen molar-refractivity contribution in [2.45, 2.75) is 124 Å². The second-order valence-corrected chi connectivity index (χ2v) is 21.2. The topological polar surface area (TPSA) is 231 Å². The zero-order valence-corrected chi connectivity index (χ0v) is 52.8. The lowest BCUT2D eigenvalue weighted by Gasteiger charge is -2.18. The van der Waals surface area contributed by atoms with Crippen molar-refractivity contribution >= 4 is 77.3 Å². The highest BCUT2D eigenvalue weighted by Gasteiger charge is 2.21. The molecule has 0 aliphatic heterocycles. The Hall–Kier alpha value is -7.97. The van der Waals surface area contributed by atoms with Crippen molar-refractivity contribution in [3.8, 4) is 33.4 Å². The van der Waals surface area contributed by atoms with Gasteiger partial charge in [0.1, 0.15) is 0 Å². The number of halogens is 4. The molecule has 460 valence electrons. The zero-order chi connectivity index (χ0) is 62.8. The summed E-state index contributed by atoms with van der Waals surface area (Å²) in [4.78, 5) is 77.3. The molecule has 0 fully saturated rings. The van der Waals surface area contributed by atoms with Gasteiger partial charge in [-0.3, -0.25) is 14.4 Å². The number of hydrogen-bond donors (Lipinski definition) is 3. The van der Waals surface area contributed by atoms with E-state index in [1.54, 1.807) is 0 Å². The highest BCUT2D eigenvalue weighted by Crippen LogP contribution is 2.27. The van der Waals surface area contributed by atoms with Crippen LogP contribution in [0.3, 0.4) is 0 Å². The van der Waals surface area contributed by atoms with Crippen LogP contribution in [0, 0.1) is 5.92 Å². The minimum absolute atomic E-state index is 0. The molecule has 2 heterocycles. The summed E-state index contributed by atoms with van der Waals surface area (Å²) in [5.41, 5.74) is 16.3. The minimum Gasteiger partial charge on any atom is -0.466 e. The van der Waals surface area contributed by atoms with Gasteiger partial charge in [0.05, 0.1) is 24.9 Å². The molecule has 2 aromatic heterocycles. The van der Waals surface area contributed by atoms with Gasteiger partial charge in [0, 0.05) is 46.0 Å². The third-order valence-corrected chi connectivity index (χ3v) is 14.0. The first-order chi connectivity index (χ1) is 41.5. The molecule has 4 N–H and O–H groups in total. The smallest absolute Gasteiger partial charge is 0.373 e.